The lowest BCUT2D eigenvalue weighted by Gasteiger charge is -2.34. The summed E-state index contributed by atoms with van der Waals surface area (Å²) in [5.74, 6) is -0.896. The number of aliphatic carboxylic acids is 1. The monoisotopic (exact) mass is 284 g/mol. The second kappa shape index (κ2) is 6.92. The van der Waals surface area contributed by atoms with Crippen molar-refractivity contribution >= 4 is 12.0 Å². The zero-order chi connectivity index (χ0) is 14.5. The van der Waals surface area contributed by atoms with Crippen LogP contribution in [0.4, 0.5) is 4.79 Å². The van der Waals surface area contributed by atoms with Crippen molar-refractivity contribution < 1.29 is 19.8 Å². The maximum atomic E-state index is 12.3. The van der Waals surface area contributed by atoms with E-state index in [0.29, 0.717) is 0 Å². The molecule has 0 aromatic rings. The highest BCUT2D eigenvalue weighted by Crippen LogP contribution is 2.33. The molecule has 6 nitrogen and oxygen atoms in total. The number of aliphatic hydroxyl groups excluding tert-OH is 1. The second-order valence-corrected chi connectivity index (χ2v) is 5.81. The van der Waals surface area contributed by atoms with Gasteiger partial charge in [0.2, 0.25) is 0 Å². The fraction of sp³-hybridized carbons (Fsp3) is 0.857. The molecule has 3 N–H and O–H groups in total. The molecule has 2 rings (SSSR count). The van der Waals surface area contributed by atoms with Gasteiger partial charge in [-0.2, -0.15) is 0 Å². The molecule has 0 spiro atoms. The molecule has 0 aliphatic heterocycles. The van der Waals surface area contributed by atoms with Crippen molar-refractivity contribution in [3.05, 3.63) is 0 Å². The molecule has 6 heteroatoms. The number of nitrogens with one attached hydrogen (secondary N) is 1. The summed E-state index contributed by atoms with van der Waals surface area (Å²) >= 11 is 0. The number of carbonyl (C=O) groups is 2. The van der Waals surface area contributed by atoms with Crippen LogP contribution in [0.15, 0.2) is 0 Å². The van der Waals surface area contributed by atoms with E-state index in [4.69, 9.17) is 5.11 Å². The molecule has 0 aromatic carbocycles. The lowest BCUT2D eigenvalue weighted by Crippen LogP contribution is -2.53. The van der Waals surface area contributed by atoms with Crippen LogP contribution in [0.3, 0.4) is 0 Å². The molecular weight excluding hydrogens is 260 g/mol. The summed E-state index contributed by atoms with van der Waals surface area (Å²) in [4.78, 5) is 25.1. The average molecular weight is 284 g/mol. The van der Waals surface area contributed by atoms with Gasteiger partial charge < -0.3 is 20.4 Å². The molecule has 1 atom stereocenters. The summed E-state index contributed by atoms with van der Waals surface area (Å²) in [5, 5.41) is 21.0. The van der Waals surface area contributed by atoms with Crippen LogP contribution in [0.1, 0.15) is 44.9 Å². The van der Waals surface area contributed by atoms with Crippen LogP contribution in [0.25, 0.3) is 0 Å². The summed E-state index contributed by atoms with van der Waals surface area (Å²) in [6.45, 7) is 0.179. The van der Waals surface area contributed by atoms with Crippen LogP contribution < -0.4 is 5.32 Å². The van der Waals surface area contributed by atoms with Gasteiger partial charge in [-0.15, -0.1) is 0 Å². The first-order valence-electron chi connectivity index (χ1n) is 7.54. The summed E-state index contributed by atoms with van der Waals surface area (Å²) in [5.41, 5.74) is 0. The molecule has 2 amide bonds. The SMILES string of the molecule is O=C(O)C(NC(=O)N(CCO)C1CCCCC1)C1CC1. The molecule has 0 radical (unpaired) electrons. The van der Waals surface area contributed by atoms with Gasteiger partial charge in [0.25, 0.3) is 0 Å². The molecule has 1 unspecified atom stereocenters. The van der Waals surface area contributed by atoms with Gasteiger partial charge in [-0.05, 0) is 31.6 Å². The zero-order valence-corrected chi connectivity index (χ0v) is 11.8. The van der Waals surface area contributed by atoms with Crippen LogP contribution in [0, 0.1) is 5.92 Å². The van der Waals surface area contributed by atoms with Crippen molar-refractivity contribution in [1.29, 1.82) is 0 Å². The molecule has 0 heterocycles. The van der Waals surface area contributed by atoms with Crippen molar-refractivity contribution in [3.63, 3.8) is 0 Å². The summed E-state index contributed by atoms with van der Waals surface area (Å²) < 4.78 is 0. The first kappa shape index (κ1) is 15.1. The molecular formula is C14H24N2O4. The first-order valence-corrected chi connectivity index (χ1v) is 7.54. The maximum Gasteiger partial charge on any atom is 0.326 e. The smallest absolute Gasteiger partial charge is 0.326 e. The van der Waals surface area contributed by atoms with E-state index in [0.717, 1.165) is 38.5 Å². The topological polar surface area (TPSA) is 89.9 Å². The number of carboxylic acid groups (broad SMARTS) is 1. The number of amides is 2. The van der Waals surface area contributed by atoms with Crippen LogP contribution >= 0.6 is 0 Å². The number of carbonyl (C=O) groups excluding carboxylic acids is 1. The number of carboxylic acids is 1. The fourth-order valence-electron chi connectivity index (χ4n) is 2.98. The predicted molar refractivity (Wildman–Crippen MR) is 73.3 cm³/mol. The van der Waals surface area contributed by atoms with Gasteiger partial charge in [-0.25, -0.2) is 9.59 Å². The highest BCUT2D eigenvalue weighted by molar-refractivity contribution is 5.83. The van der Waals surface area contributed by atoms with Crippen LogP contribution in [0.2, 0.25) is 0 Å². The normalized spacial score (nSPS) is 21.2. The van der Waals surface area contributed by atoms with Crippen molar-refractivity contribution in [1.82, 2.24) is 10.2 Å². The molecule has 114 valence electrons. The van der Waals surface area contributed by atoms with Crippen molar-refractivity contribution in [2.24, 2.45) is 5.92 Å². The van der Waals surface area contributed by atoms with E-state index in [-0.39, 0.29) is 31.1 Å². The third kappa shape index (κ3) is 3.85. The number of rotatable bonds is 6. The second-order valence-electron chi connectivity index (χ2n) is 5.81. The maximum absolute atomic E-state index is 12.3. The Bertz CT molecular complexity index is 351. The number of urea groups is 1. The number of aliphatic hydroxyl groups is 1. The van der Waals surface area contributed by atoms with E-state index in [1.165, 1.54) is 6.42 Å². The van der Waals surface area contributed by atoms with Gasteiger partial charge >= 0.3 is 12.0 Å². The molecule has 2 saturated carbocycles. The van der Waals surface area contributed by atoms with Crippen LogP contribution in [-0.2, 0) is 4.79 Å². The Morgan fingerprint density at radius 3 is 2.30 bits per heavy atom. The van der Waals surface area contributed by atoms with Gasteiger partial charge in [0.1, 0.15) is 6.04 Å². The number of hydrogen-bond donors (Lipinski definition) is 3. The Morgan fingerprint density at radius 1 is 1.15 bits per heavy atom. The number of hydrogen-bond acceptors (Lipinski definition) is 3. The van der Waals surface area contributed by atoms with Crippen molar-refractivity contribution in [3.8, 4) is 0 Å². The lowest BCUT2D eigenvalue weighted by molar-refractivity contribution is -0.139. The number of nitrogens with zero attached hydrogens (tertiary/aromatic N) is 1. The molecule has 0 bridgehead atoms. The minimum Gasteiger partial charge on any atom is -0.480 e. The Labute approximate surface area is 119 Å². The van der Waals surface area contributed by atoms with Gasteiger partial charge in [0, 0.05) is 12.6 Å². The first-order chi connectivity index (χ1) is 9.63. The molecule has 0 saturated heterocycles. The van der Waals surface area contributed by atoms with Crippen LogP contribution in [0.5, 0.6) is 0 Å². The summed E-state index contributed by atoms with van der Waals surface area (Å²) in [6.07, 6.45) is 6.96. The minimum absolute atomic E-state index is 0.0683. The van der Waals surface area contributed by atoms with E-state index >= 15 is 0 Å². The van der Waals surface area contributed by atoms with Crippen molar-refractivity contribution in [2.45, 2.75) is 57.0 Å². The fourth-order valence-corrected chi connectivity index (χ4v) is 2.98. The molecule has 2 aliphatic rings. The van der Waals surface area contributed by atoms with E-state index < -0.39 is 12.0 Å². The summed E-state index contributed by atoms with van der Waals surface area (Å²) in [6, 6.07) is -0.998. The van der Waals surface area contributed by atoms with Gasteiger partial charge in [-0.1, -0.05) is 19.3 Å². The molecule has 0 aromatic heterocycles. The molecule has 2 fully saturated rings. The predicted octanol–water partition coefficient (Wildman–Crippen LogP) is 1.19. The minimum atomic E-state index is -0.964. The lowest BCUT2D eigenvalue weighted by atomic mass is 9.94. The molecule has 20 heavy (non-hydrogen) atoms. The Hall–Kier alpha value is -1.30. The Balaban J connectivity index is 1.96. The van der Waals surface area contributed by atoms with E-state index in [2.05, 4.69) is 5.32 Å². The van der Waals surface area contributed by atoms with Crippen molar-refractivity contribution in [2.75, 3.05) is 13.2 Å². The Morgan fingerprint density at radius 2 is 1.80 bits per heavy atom. The summed E-state index contributed by atoms with van der Waals surface area (Å²) in [7, 11) is 0. The highest BCUT2D eigenvalue weighted by atomic mass is 16.4. The van der Waals surface area contributed by atoms with E-state index in [1.54, 1.807) is 4.90 Å². The van der Waals surface area contributed by atoms with Gasteiger partial charge in [0.05, 0.1) is 6.61 Å². The third-order valence-corrected chi connectivity index (χ3v) is 4.26. The van der Waals surface area contributed by atoms with Crippen LogP contribution in [-0.4, -0.2) is 52.3 Å². The standard InChI is InChI=1S/C14H24N2O4/c17-9-8-16(11-4-2-1-3-5-11)14(20)15-12(13(18)19)10-6-7-10/h10-12,17H,1-9H2,(H,15,20)(H,18,19). The third-order valence-electron chi connectivity index (χ3n) is 4.26. The largest absolute Gasteiger partial charge is 0.480 e. The zero-order valence-electron chi connectivity index (χ0n) is 11.8. The Kier molecular flexibility index (Phi) is 5.23. The quantitative estimate of drug-likeness (QED) is 0.683. The average Bonchev–Trinajstić information content (AvgIpc) is 3.27. The van der Waals surface area contributed by atoms with E-state index in [9.17, 15) is 14.7 Å². The highest BCUT2D eigenvalue weighted by Gasteiger charge is 2.38. The molecule has 2 aliphatic carbocycles. The van der Waals surface area contributed by atoms with E-state index in [1.807, 2.05) is 0 Å². The van der Waals surface area contributed by atoms with Gasteiger partial charge in [0.15, 0.2) is 0 Å². The van der Waals surface area contributed by atoms with Gasteiger partial charge in [-0.3, -0.25) is 0 Å².